The number of hydrogen-bond donors (Lipinski definition) is 2. The van der Waals surface area contributed by atoms with Gasteiger partial charge in [0, 0.05) is 12.1 Å². The van der Waals surface area contributed by atoms with E-state index < -0.39 is 0 Å². The third-order valence-corrected chi connectivity index (χ3v) is 2.79. The van der Waals surface area contributed by atoms with Crippen LogP contribution in [-0.2, 0) is 0 Å². The van der Waals surface area contributed by atoms with Crippen molar-refractivity contribution < 1.29 is 5.11 Å². The van der Waals surface area contributed by atoms with E-state index in [0.717, 1.165) is 26.1 Å². The Balaban J connectivity index is 3.62. The SMILES string of the molecule is CC(C)NC(CO)CCN(C)CCCN(C)C. The molecule has 104 valence electrons. The Bertz CT molecular complexity index is 174. The maximum Gasteiger partial charge on any atom is 0.0585 e. The summed E-state index contributed by atoms with van der Waals surface area (Å²) >= 11 is 0. The number of aliphatic hydroxyl groups is 1. The Kier molecular flexibility index (Phi) is 9.74. The number of nitrogens with zero attached hydrogens (tertiary/aromatic N) is 2. The molecular formula is C13H31N3O. The zero-order chi connectivity index (χ0) is 13.3. The maximum atomic E-state index is 9.25. The summed E-state index contributed by atoms with van der Waals surface area (Å²) in [6.45, 7) is 7.75. The molecule has 1 unspecified atom stereocenters. The van der Waals surface area contributed by atoms with Crippen LogP contribution in [0.15, 0.2) is 0 Å². The molecule has 0 aromatic heterocycles. The van der Waals surface area contributed by atoms with Crippen LogP contribution in [-0.4, -0.2) is 74.4 Å². The largest absolute Gasteiger partial charge is 0.395 e. The van der Waals surface area contributed by atoms with Gasteiger partial charge in [-0.1, -0.05) is 13.8 Å². The van der Waals surface area contributed by atoms with Crippen LogP contribution in [0.25, 0.3) is 0 Å². The molecule has 17 heavy (non-hydrogen) atoms. The normalized spacial score (nSPS) is 13.9. The Morgan fingerprint density at radius 3 is 2.18 bits per heavy atom. The minimum absolute atomic E-state index is 0.226. The molecule has 0 saturated carbocycles. The fraction of sp³-hybridized carbons (Fsp3) is 1.00. The van der Waals surface area contributed by atoms with E-state index in [1.165, 1.54) is 6.42 Å². The van der Waals surface area contributed by atoms with Crippen LogP contribution in [0.2, 0.25) is 0 Å². The second kappa shape index (κ2) is 9.83. The van der Waals surface area contributed by atoms with Crippen molar-refractivity contribution in [2.24, 2.45) is 0 Å². The van der Waals surface area contributed by atoms with Gasteiger partial charge in [-0.15, -0.1) is 0 Å². The van der Waals surface area contributed by atoms with Crippen molar-refractivity contribution in [1.82, 2.24) is 15.1 Å². The summed E-state index contributed by atoms with van der Waals surface area (Å²) in [5, 5.41) is 12.6. The van der Waals surface area contributed by atoms with Crippen molar-refractivity contribution in [3.05, 3.63) is 0 Å². The van der Waals surface area contributed by atoms with Crippen LogP contribution in [0.5, 0.6) is 0 Å². The summed E-state index contributed by atoms with van der Waals surface area (Å²) < 4.78 is 0. The zero-order valence-corrected chi connectivity index (χ0v) is 12.2. The van der Waals surface area contributed by atoms with Gasteiger partial charge in [0.05, 0.1) is 6.61 Å². The average molecular weight is 245 g/mol. The quantitative estimate of drug-likeness (QED) is 0.592. The summed E-state index contributed by atoms with van der Waals surface area (Å²) in [7, 11) is 6.36. The molecule has 4 nitrogen and oxygen atoms in total. The summed E-state index contributed by atoms with van der Waals surface area (Å²) in [5.74, 6) is 0. The average Bonchev–Trinajstić information content (AvgIpc) is 2.23. The molecule has 0 aromatic rings. The fourth-order valence-corrected chi connectivity index (χ4v) is 1.84. The highest BCUT2D eigenvalue weighted by Gasteiger charge is 2.09. The number of hydrogen-bond acceptors (Lipinski definition) is 4. The molecule has 0 amide bonds. The minimum Gasteiger partial charge on any atom is -0.395 e. The third-order valence-electron chi connectivity index (χ3n) is 2.79. The molecule has 0 aliphatic carbocycles. The Morgan fingerprint density at radius 2 is 1.71 bits per heavy atom. The zero-order valence-electron chi connectivity index (χ0n) is 12.2. The summed E-state index contributed by atoms with van der Waals surface area (Å²) in [6.07, 6.45) is 2.21. The van der Waals surface area contributed by atoms with Crippen LogP contribution < -0.4 is 5.32 Å². The molecule has 2 N–H and O–H groups in total. The molecule has 0 rings (SSSR count). The van der Waals surface area contributed by atoms with Crippen molar-refractivity contribution in [2.75, 3.05) is 47.4 Å². The molecule has 0 aliphatic heterocycles. The fourth-order valence-electron chi connectivity index (χ4n) is 1.84. The van der Waals surface area contributed by atoms with Crippen molar-refractivity contribution in [3.63, 3.8) is 0 Å². The van der Waals surface area contributed by atoms with Crippen LogP contribution in [0.3, 0.4) is 0 Å². The van der Waals surface area contributed by atoms with Gasteiger partial charge in [-0.05, 0) is 53.6 Å². The number of aliphatic hydroxyl groups excluding tert-OH is 1. The number of nitrogens with one attached hydrogen (secondary N) is 1. The predicted molar refractivity (Wildman–Crippen MR) is 74.4 cm³/mol. The van der Waals surface area contributed by atoms with E-state index >= 15 is 0 Å². The lowest BCUT2D eigenvalue weighted by molar-refractivity contribution is 0.208. The van der Waals surface area contributed by atoms with Crippen LogP contribution >= 0.6 is 0 Å². The van der Waals surface area contributed by atoms with E-state index in [9.17, 15) is 5.11 Å². The van der Waals surface area contributed by atoms with Crippen molar-refractivity contribution in [2.45, 2.75) is 38.8 Å². The van der Waals surface area contributed by atoms with Crippen LogP contribution in [0, 0.1) is 0 Å². The lowest BCUT2D eigenvalue weighted by Gasteiger charge is -2.23. The molecule has 0 bridgehead atoms. The van der Waals surface area contributed by atoms with E-state index in [0.29, 0.717) is 6.04 Å². The van der Waals surface area contributed by atoms with Crippen LogP contribution in [0.1, 0.15) is 26.7 Å². The van der Waals surface area contributed by atoms with Gasteiger partial charge in [-0.3, -0.25) is 0 Å². The smallest absolute Gasteiger partial charge is 0.0585 e. The van der Waals surface area contributed by atoms with Gasteiger partial charge >= 0.3 is 0 Å². The second-order valence-corrected chi connectivity index (χ2v) is 5.45. The van der Waals surface area contributed by atoms with Gasteiger partial charge in [-0.2, -0.15) is 0 Å². The monoisotopic (exact) mass is 245 g/mol. The molecule has 0 aliphatic rings. The Hall–Kier alpha value is -0.160. The first-order chi connectivity index (χ1) is 7.95. The van der Waals surface area contributed by atoms with E-state index in [1.54, 1.807) is 0 Å². The second-order valence-electron chi connectivity index (χ2n) is 5.45. The standard InChI is InChI=1S/C13H31N3O/c1-12(2)14-13(11-17)7-10-16(5)9-6-8-15(3)4/h12-14,17H,6-11H2,1-5H3. The van der Waals surface area contributed by atoms with E-state index in [4.69, 9.17) is 0 Å². The summed E-state index contributed by atoms with van der Waals surface area (Å²) in [6, 6.07) is 0.664. The highest BCUT2D eigenvalue weighted by Crippen LogP contribution is 1.97. The van der Waals surface area contributed by atoms with E-state index in [-0.39, 0.29) is 12.6 Å². The molecule has 0 radical (unpaired) electrons. The van der Waals surface area contributed by atoms with Gasteiger partial charge in [0.1, 0.15) is 0 Å². The molecule has 1 atom stereocenters. The lowest BCUT2D eigenvalue weighted by Crippen LogP contribution is -2.40. The van der Waals surface area contributed by atoms with Gasteiger partial charge in [0.2, 0.25) is 0 Å². The van der Waals surface area contributed by atoms with Crippen molar-refractivity contribution >= 4 is 0 Å². The maximum absolute atomic E-state index is 9.25. The molecule has 0 fully saturated rings. The van der Waals surface area contributed by atoms with Crippen molar-refractivity contribution in [3.8, 4) is 0 Å². The van der Waals surface area contributed by atoms with Crippen molar-refractivity contribution in [1.29, 1.82) is 0 Å². The first-order valence-electron chi connectivity index (χ1n) is 6.66. The first kappa shape index (κ1) is 16.8. The third kappa shape index (κ3) is 10.7. The van der Waals surface area contributed by atoms with Gasteiger partial charge in [0.25, 0.3) is 0 Å². The molecule has 0 aromatic carbocycles. The Morgan fingerprint density at radius 1 is 1.06 bits per heavy atom. The van der Waals surface area contributed by atoms with E-state index in [1.807, 2.05) is 0 Å². The highest BCUT2D eigenvalue weighted by molar-refractivity contribution is 4.69. The Labute approximate surface area is 107 Å². The van der Waals surface area contributed by atoms with Gasteiger partial charge < -0.3 is 20.2 Å². The molecule has 0 saturated heterocycles. The molecular weight excluding hydrogens is 214 g/mol. The molecule has 0 heterocycles. The highest BCUT2D eigenvalue weighted by atomic mass is 16.3. The molecule has 0 spiro atoms. The van der Waals surface area contributed by atoms with Crippen LogP contribution in [0.4, 0.5) is 0 Å². The van der Waals surface area contributed by atoms with Gasteiger partial charge in [0.15, 0.2) is 0 Å². The topological polar surface area (TPSA) is 38.7 Å². The minimum atomic E-state index is 0.226. The first-order valence-corrected chi connectivity index (χ1v) is 6.66. The predicted octanol–water partition coefficient (Wildman–Crippen LogP) is 0.619. The lowest BCUT2D eigenvalue weighted by atomic mass is 10.2. The number of rotatable bonds is 10. The summed E-state index contributed by atoms with van der Waals surface area (Å²) in [4.78, 5) is 4.55. The molecule has 4 heteroatoms. The summed E-state index contributed by atoms with van der Waals surface area (Å²) in [5.41, 5.74) is 0. The van der Waals surface area contributed by atoms with E-state index in [2.05, 4.69) is 50.1 Å². The van der Waals surface area contributed by atoms with Gasteiger partial charge in [-0.25, -0.2) is 0 Å².